The summed E-state index contributed by atoms with van der Waals surface area (Å²) in [6, 6.07) is 1.05. The van der Waals surface area contributed by atoms with Crippen LogP contribution in [0.2, 0.25) is 0 Å². The van der Waals surface area contributed by atoms with Crippen LogP contribution in [0, 0.1) is 18.6 Å². The summed E-state index contributed by atoms with van der Waals surface area (Å²) in [6.45, 7) is 3.37. The highest BCUT2D eigenvalue weighted by Crippen LogP contribution is 2.23. The maximum absolute atomic E-state index is 13.6. The van der Waals surface area contributed by atoms with Gasteiger partial charge >= 0.3 is 7.12 Å². The molecule has 0 aliphatic rings. The van der Waals surface area contributed by atoms with Gasteiger partial charge in [0.15, 0.2) is 17.4 Å². The van der Waals surface area contributed by atoms with Gasteiger partial charge in [-0.3, -0.25) is 0 Å². The molecule has 0 saturated carbocycles. The number of benzene rings is 1. The van der Waals surface area contributed by atoms with Gasteiger partial charge in [-0.05, 0) is 18.9 Å². The molecule has 0 spiro atoms. The van der Waals surface area contributed by atoms with Crippen molar-refractivity contribution in [3.05, 3.63) is 23.3 Å². The van der Waals surface area contributed by atoms with E-state index in [-0.39, 0.29) is 17.6 Å². The van der Waals surface area contributed by atoms with Crippen LogP contribution in [0.15, 0.2) is 6.07 Å². The van der Waals surface area contributed by atoms with Crippen LogP contribution in [0.5, 0.6) is 5.75 Å². The fraction of sp³-hybridized carbons (Fsp3) is 0.400. The first-order chi connectivity index (χ1) is 7.49. The van der Waals surface area contributed by atoms with Crippen LogP contribution in [0.1, 0.15) is 18.9 Å². The Hall–Kier alpha value is -1.14. The Kier molecular flexibility index (Phi) is 4.26. The summed E-state index contributed by atoms with van der Waals surface area (Å²) >= 11 is 0. The second kappa shape index (κ2) is 5.27. The Bertz CT molecular complexity index is 383. The molecule has 0 heterocycles. The lowest BCUT2D eigenvalue weighted by atomic mass is 9.79. The number of rotatable bonds is 4. The summed E-state index contributed by atoms with van der Waals surface area (Å²) in [4.78, 5) is 0. The fourth-order valence-corrected chi connectivity index (χ4v) is 1.29. The monoisotopic (exact) mass is 230 g/mol. The van der Waals surface area contributed by atoms with E-state index >= 15 is 0 Å². The molecule has 88 valence electrons. The lowest BCUT2D eigenvalue weighted by Gasteiger charge is -2.12. The van der Waals surface area contributed by atoms with Gasteiger partial charge < -0.3 is 14.8 Å². The van der Waals surface area contributed by atoms with Gasteiger partial charge in [0.05, 0.1) is 6.61 Å². The minimum atomic E-state index is -1.98. The Morgan fingerprint density at radius 2 is 1.94 bits per heavy atom. The summed E-state index contributed by atoms with van der Waals surface area (Å²) in [5, 5.41) is 17.8. The number of halogens is 2. The van der Waals surface area contributed by atoms with Crippen LogP contribution in [-0.4, -0.2) is 23.8 Å². The van der Waals surface area contributed by atoms with Gasteiger partial charge in [0.2, 0.25) is 0 Å². The van der Waals surface area contributed by atoms with Gasteiger partial charge in [0, 0.05) is 5.46 Å². The summed E-state index contributed by atoms with van der Waals surface area (Å²) in [7, 11) is -1.98. The number of hydrogen-bond donors (Lipinski definition) is 2. The highest BCUT2D eigenvalue weighted by molar-refractivity contribution is 6.58. The van der Waals surface area contributed by atoms with E-state index in [0.29, 0.717) is 6.42 Å². The largest absolute Gasteiger partial charge is 0.491 e. The highest BCUT2D eigenvalue weighted by atomic mass is 19.1. The SMILES string of the molecule is CCCOc1c(F)c(C)cc(B(O)O)c1F. The molecule has 1 aromatic carbocycles. The van der Waals surface area contributed by atoms with E-state index in [9.17, 15) is 8.78 Å². The number of aryl methyl sites for hydroxylation is 1. The molecule has 1 rings (SSSR count). The minimum Gasteiger partial charge on any atom is -0.488 e. The molecule has 0 aliphatic heterocycles. The van der Waals surface area contributed by atoms with Gasteiger partial charge in [-0.1, -0.05) is 13.0 Å². The molecule has 0 atom stereocenters. The average Bonchev–Trinajstić information content (AvgIpc) is 2.23. The molecule has 0 saturated heterocycles. The van der Waals surface area contributed by atoms with E-state index < -0.39 is 24.5 Å². The zero-order valence-electron chi connectivity index (χ0n) is 9.13. The topological polar surface area (TPSA) is 49.7 Å². The number of hydrogen-bond acceptors (Lipinski definition) is 3. The van der Waals surface area contributed by atoms with E-state index in [1.807, 2.05) is 0 Å². The number of ether oxygens (including phenoxy) is 1. The minimum absolute atomic E-state index is 0.107. The van der Waals surface area contributed by atoms with Crippen LogP contribution >= 0.6 is 0 Å². The van der Waals surface area contributed by atoms with E-state index in [1.54, 1.807) is 6.92 Å². The highest BCUT2D eigenvalue weighted by Gasteiger charge is 2.24. The summed E-state index contributed by atoms with van der Waals surface area (Å²) in [6.07, 6.45) is 0.601. The quantitative estimate of drug-likeness (QED) is 0.750. The maximum atomic E-state index is 13.6. The van der Waals surface area contributed by atoms with Crippen molar-refractivity contribution < 1.29 is 23.6 Å². The summed E-state index contributed by atoms with van der Waals surface area (Å²) < 4.78 is 32.0. The molecule has 0 radical (unpaired) electrons. The molecule has 0 aliphatic carbocycles. The first-order valence-corrected chi connectivity index (χ1v) is 4.96. The van der Waals surface area contributed by atoms with Crippen molar-refractivity contribution >= 4 is 12.6 Å². The Balaban J connectivity index is 3.22. The average molecular weight is 230 g/mol. The van der Waals surface area contributed by atoms with Gasteiger partial charge in [-0.2, -0.15) is 0 Å². The van der Waals surface area contributed by atoms with Crippen molar-refractivity contribution in [2.75, 3.05) is 6.61 Å². The standard InChI is InChI=1S/C10H13BF2O3/c1-3-4-16-10-8(12)6(2)5-7(9(10)13)11(14)15/h5,14-15H,3-4H2,1-2H3. The molecule has 0 amide bonds. The molecule has 0 bridgehead atoms. The maximum Gasteiger partial charge on any atom is 0.491 e. The molecule has 3 nitrogen and oxygen atoms in total. The third-order valence-corrected chi connectivity index (χ3v) is 2.10. The van der Waals surface area contributed by atoms with Gasteiger partial charge in [-0.15, -0.1) is 0 Å². The Morgan fingerprint density at radius 3 is 2.44 bits per heavy atom. The molecule has 0 fully saturated rings. The lowest BCUT2D eigenvalue weighted by molar-refractivity contribution is 0.284. The van der Waals surface area contributed by atoms with E-state index in [4.69, 9.17) is 14.8 Å². The second-order valence-electron chi connectivity index (χ2n) is 3.46. The lowest BCUT2D eigenvalue weighted by Crippen LogP contribution is -2.34. The van der Waals surface area contributed by atoms with Crippen molar-refractivity contribution in [2.24, 2.45) is 0 Å². The van der Waals surface area contributed by atoms with E-state index in [2.05, 4.69) is 0 Å². The van der Waals surface area contributed by atoms with Gasteiger partial charge in [-0.25, -0.2) is 8.78 Å². The third kappa shape index (κ3) is 2.51. The third-order valence-electron chi connectivity index (χ3n) is 2.10. The zero-order valence-corrected chi connectivity index (χ0v) is 9.13. The molecular formula is C10H13BF2O3. The Morgan fingerprint density at radius 1 is 1.31 bits per heavy atom. The smallest absolute Gasteiger partial charge is 0.488 e. The van der Waals surface area contributed by atoms with Gasteiger partial charge in [0.1, 0.15) is 0 Å². The molecule has 0 aromatic heterocycles. The van der Waals surface area contributed by atoms with Crippen molar-refractivity contribution in [3.8, 4) is 5.75 Å². The van der Waals surface area contributed by atoms with Gasteiger partial charge in [0.25, 0.3) is 0 Å². The van der Waals surface area contributed by atoms with Crippen LogP contribution < -0.4 is 10.2 Å². The second-order valence-corrected chi connectivity index (χ2v) is 3.46. The Labute approximate surface area is 92.8 Å². The molecule has 0 unspecified atom stereocenters. The van der Waals surface area contributed by atoms with Crippen LogP contribution in [0.3, 0.4) is 0 Å². The van der Waals surface area contributed by atoms with Crippen LogP contribution in [-0.2, 0) is 0 Å². The molecule has 6 heteroatoms. The van der Waals surface area contributed by atoms with E-state index in [0.717, 1.165) is 6.07 Å². The molecule has 16 heavy (non-hydrogen) atoms. The van der Waals surface area contributed by atoms with E-state index in [1.165, 1.54) is 6.92 Å². The predicted octanol–water partition coefficient (Wildman–Crippen LogP) is 0.742. The zero-order chi connectivity index (χ0) is 12.3. The molecular weight excluding hydrogens is 217 g/mol. The normalized spacial score (nSPS) is 10.4. The van der Waals surface area contributed by atoms with Crippen molar-refractivity contribution in [1.82, 2.24) is 0 Å². The predicted molar refractivity (Wildman–Crippen MR) is 56.7 cm³/mol. The van der Waals surface area contributed by atoms with Crippen molar-refractivity contribution in [3.63, 3.8) is 0 Å². The van der Waals surface area contributed by atoms with Crippen molar-refractivity contribution in [2.45, 2.75) is 20.3 Å². The first-order valence-electron chi connectivity index (χ1n) is 4.96. The molecule has 1 aromatic rings. The first kappa shape index (κ1) is 12.9. The summed E-state index contributed by atoms with van der Waals surface area (Å²) in [5.41, 5.74) is -0.277. The van der Waals surface area contributed by atoms with Crippen LogP contribution in [0.4, 0.5) is 8.78 Å². The van der Waals surface area contributed by atoms with Crippen molar-refractivity contribution in [1.29, 1.82) is 0 Å². The molecule has 2 N–H and O–H groups in total. The van der Waals surface area contributed by atoms with Crippen LogP contribution in [0.25, 0.3) is 0 Å². The fourth-order valence-electron chi connectivity index (χ4n) is 1.29. The summed E-state index contributed by atoms with van der Waals surface area (Å²) in [5.74, 6) is -2.42.